The Bertz CT molecular complexity index is 651. The van der Waals surface area contributed by atoms with Crippen molar-refractivity contribution in [3.8, 4) is 0 Å². The average molecular weight is 310 g/mol. The van der Waals surface area contributed by atoms with Gasteiger partial charge in [0.1, 0.15) is 5.69 Å². The van der Waals surface area contributed by atoms with E-state index in [1.807, 2.05) is 35.4 Å². The Hall–Kier alpha value is -2.43. The van der Waals surface area contributed by atoms with E-state index in [1.54, 1.807) is 12.4 Å². The summed E-state index contributed by atoms with van der Waals surface area (Å²) in [5.74, 6) is 0.737. The monoisotopic (exact) mass is 310 g/mol. The fourth-order valence-corrected chi connectivity index (χ4v) is 2.74. The minimum Gasteiger partial charge on any atom is -0.381 e. The van der Waals surface area contributed by atoms with Crippen molar-refractivity contribution in [3.05, 3.63) is 54.1 Å². The lowest BCUT2D eigenvalue weighted by Gasteiger charge is -2.30. The van der Waals surface area contributed by atoms with Gasteiger partial charge < -0.3 is 10.2 Å². The molecule has 23 heavy (non-hydrogen) atoms. The van der Waals surface area contributed by atoms with Crippen molar-refractivity contribution in [3.63, 3.8) is 0 Å². The Morgan fingerprint density at radius 2 is 2.13 bits per heavy atom. The normalized spacial score (nSPS) is 15.4. The molecule has 1 fully saturated rings. The molecule has 120 valence electrons. The second kappa shape index (κ2) is 7.22. The first-order valence-corrected chi connectivity index (χ1v) is 8.10. The Balaban J connectivity index is 1.64. The number of carbonyl (C=O) groups excluding carboxylic acids is 1. The number of hydrogen-bond donors (Lipinski definition) is 1. The lowest BCUT2D eigenvalue weighted by molar-refractivity contribution is 0.0691. The Labute approximate surface area is 136 Å². The van der Waals surface area contributed by atoms with Gasteiger partial charge in [0.2, 0.25) is 0 Å². The number of nitrogens with one attached hydrogen (secondary N) is 1. The molecule has 0 radical (unpaired) electrons. The molecule has 3 rings (SSSR count). The lowest BCUT2D eigenvalue weighted by Crippen LogP contribution is -2.38. The van der Waals surface area contributed by atoms with Crippen LogP contribution in [0.15, 0.2) is 42.9 Å². The van der Waals surface area contributed by atoms with Crippen LogP contribution in [0, 0.1) is 5.92 Å². The van der Waals surface area contributed by atoms with Crippen molar-refractivity contribution in [2.75, 3.05) is 18.4 Å². The van der Waals surface area contributed by atoms with Gasteiger partial charge in [0, 0.05) is 43.9 Å². The summed E-state index contributed by atoms with van der Waals surface area (Å²) in [6.45, 7) is 4.57. The lowest BCUT2D eigenvalue weighted by atomic mass is 9.99. The molecule has 1 aliphatic heterocycles. The van der Waals surface area contributed by atoms with Crippen LogP contribution in [0.1, 0.15) is 35.8 Å². The predicted molar refractivity (Wildman–Crippen MR) is 90.1 cm³/mol. The third-order valence-corrected chi connectivity index (χ3v) is 4.27. The van der Waals surface area contributed by atoms with Crippen molar-refractivity contribution in [2.24, 2.45) is 5.92 Å². The van der Waals surface area contributed by atoms with Crippen LogP contribution < -0.4 is 5.32 Å². The molecule has 5 nitrogen and oxygen atoms in total. The number of piperidine rings is 1. The molecule has 1 aliphatic rings. The second-order valence-corrected chi connectivity index (χ2v) is 6.12. The van der Waals surface area contributed by atoms with Gasteiger partial charge in [-0.2, -0.15) is 0 Å². The number of likely N-dealkylation sites (tertiary alicyclic amines) is 1. The Morgan fingerprint density at radius 3 is 2.87 bits per heavy atom. The number of amides is 1. The Kier molecular flexibility index (Phi) is 4.86. The topological polar surface area (TPSA) is 58.1 Å². The highest BCUT2D eigenvalue weighted by atomic mass is 16.2. The molecular formula is C18H22N4O. The third kappa shape index (κ3) is 4.06. The first-order valence-electron chi connectivity index (χ1n) is 8.10. The highest BCUT2D eigenvalue weighted by Crippen LogP contribution is 2.18. The number of pyridine rings is 2. The SMILES string of the molecule is CC1CCN(C(=O)c2cc(NCc3cccnc3)ccn2)CC1. The predicted octanol–water partition coefficient (Wildman–Crippen LogP) is 2.96. The van der Waals surface area contributed by atoms with Crippen molar-refractivity contribution >= 4 is 11.6 Å². The van der Waals surface area contributed by atoms with E-state index in [0.717, 1.165) is 37.2 Å². The van der Waals surface area contributed by atoms with Crippen LogP contribution in [0.2, 0.25) is 0 Å². The molecule has 1 N–H and O–H groups in total. The number of hydrogen-bond acceptors (Lipinski definition) is 4. The number of rotatable bonds is 4. The smallest absolute Gasteiger partial charge is 0.272 e. The molecule has 2 aromatic rings. The molecule has 0 bridgehead atoms. The van der Waals surface area contributed by atoms with Crippen molar-refractivity contribution < 1.29 is 4.79 Å². The number of aromatic nitrogens is 2. The van der Waals surface area contributed by atoms with Gasteiger partial charge in [-0.05, 0) is 42.5 Å². The maximum Gasteiger partial charge on any atom is 0.272 e. The molecule has 0 spiro atoms. The number of anilines is 1. The van der Waals surface area contributed by atoms with Gasteiger partial charge in [-0.25, -0.2) is 0 Å². The van der Waals surface area contributed by atoms with Gasteiger partial charge in [-0.15, -0.1) is 0 Å². The summed E-state index contributed by atoms with van der Waals surface area (Å²) in [6, 6.07) is 7.64. The van der Waals surface area contributed by atoms with Gasteiger partial charge >= 0.3 is 0 Å². The molecule has 3 heterocycles. The van der Waals surface area contributed by atoms with E-state index in [0.29, 0.717) is 18.2 Å². The van der Waals surface area contributed by atoms with Gasteiger partial charge in [0.05, 0.1) is 0 Å². The average Bonchev–Trinajstić information content (AvgIpc) is 2.61. The quantitative estimate of drug-likeness (QED) is 0.943. The zero-order valence-corrected chi connectivity index (χ0v) is 13.4. The van der Waals surface area contributed by atoms with Crippen molar-refractivity contribution in [1.29, 1.82) is 0 Å². The molecular weight excluding hydrogens is 288 g/mol. The number of nitrogens with zero attached hydrogens (tertiary/aromatic N) is 3. The van der Waals surface area contributed by atoms with Crippen LogP contribution in [-0.2, 0) is 6.54 Å². The summed E-state index contributed by atoms with van der Waals surface area (Å²) < 4.78 is 0. The molecule has 0 aliphatic carbocycles. The fourth-order valence-electron chi connectivity index (χ4n) is 2.74. The van der Waals surface area contributed by atoms with Crippen LogP contribution in [0.25, 0.3) is 0 Å². The van der Waals surface area contributed by atoms with Crippen molar-refractivity contribution in [1.82, 2.24) is 14.9 Å². The summed E-state index contributed by atoms with van der Waals surface area (Å²) >= 11 is 0. The molecule has 1 amide bonds. The largest absolute Gasteiger partial charge is 0.381 e. The highest BCUT2D eigenvalue weighted by molar-refractivity contribution is 5.93. The minimum atomic E-state index is 0.0296. The molecule has 0 aromatic carbocycles. The van der Waals surface area contributed by atoms with E-state index in [9.17, 15) is 4.79 Å². The van der Waals surface area contributed by atoms with Gasteiger partial charge in [0.25, 0.3) is 5.91 Å². The molecule has 0 saturated carbocycles. The number of carbonyl (C=O) groups is 1. The Morgan fingerprint density at radius 1 is 1.30 bits per heavy atom. The highest BCUT2D eigenvalue weighted by Gasteiger charge is 2.22. The van der Waals surface area contributed by atoms with E-state index in [2.05, 4.69) is 22.2 Å². The first-order chi connectivity index (χ1) is 11.2. The van der Waals surface area contributed by atoms with Gasteiger partial charge in [-0.1, -0.05) is 13.0 Å². The van der Waals surface area contributed by atoms with Crippen molar-refractivity contribution in [2.45, 2.75) is 26.3 Å². The maximum absolute atomic E-state index is 12.6. The minimum absolute atomic E-state index is 0.0296. The molecule has 0 unspecified atom stereocenters. The summed E-state index contributed by atoms with van der Waals surface area (Å²) in [6.07, 6.45) is 7.42. The standard InChI is InChI=1S/C18H22N4O/c1-14-5-9-22(10-6-14)18(23)17-11-16(4-8-20-17)21-13-15-3-2-7-19-12-15/h2-4,7-8,11-12,14H,5-6,9-10,13H2,1H3,(H,20,21). The van der Waals surface area contributed by atoms with E-state index < -0.39 is 0 Å². The fraction of sp³-hybridized carbons (Fsp3) is 0.389. The van der Waals surface area contributed by atoms with Crippen LogP contribution in [0.4, 0.5) is 5.69 Å². The first kappa shape index (κ1) is 15.5. The zero-order chi connectivity index (χ0) is 16.1. The summed E-state index contributed by atoms with van der Waals surface area (Å²) in [5, 5.41) is 3.32. The molecule has 1 saturated heterocycles. The third-order valence-electron chi connectivity index (χ3n) is 4.27. The van der Waals surface area contributed by atoms with Crippen LogP contribution in [0.5, 0.6) is 0 Å². The summed E-state index contributed by atoms with van der Waals surface area (Å²) in [5.41, 5.74) is 2.51. The molecule has 5 heteroatoms. The molecule has 2 aromatic heterocycles. The molecule has 0 atom stereocenters. The summed E-state index contributed by atoms with van der Waals surface area (Å²) in [7, 11) is 0. The second-order valence-electron chi connectivity index (χ2n) is 6.12. The maximum atomic E-state index is 12.6. The van der Waals surface area contributed by atoms with E-state index in [1.165, 1.54) is 0 Å². The van der Waals surface area contributed by atoms with E-state index in [-0.39, 0.29) is 5.91 Å². The van der Waals surface area contributed by atoms with Gasteiger partial charge in [-0.3, -0.25) is 14.8 Å². The van der Waals surface area contributed by atoms with Crippen LogP contribution >= 0.6 is 0 Å². The van der Waals surface area contributed by atoms with Gasteiger partial charge in [0.15, 0.2) is 0 Å². The van der Waals surface area contributed by atoms with E-state index >= 15 is 0 Å². The van der Waals surface area contributed by atoms with Crippen LogP contribution in [-0.4, -0.2) is 33.9 Å². The summed E-state index contributed by atoms with van der Waals surface area (Å²) in [4.78, 5) is 22.8. The van der Waals surface area contributed by atoms with Crippen LogP contribution in [0.3, 0.4) is 0 Å². The van der Waals surface area contributed by atoms with E-state index in [4.69, 9.17) is 0 Å². The zero-order valence-electron chi connectivity index (χ0n) is 13.4.